The molecule has 1 aliphatic carbocycles. The normalized spacial score (nSPS) is 21.6. The highest BCUT2D eigenvalue weighted by Crippen LogP contribution is 2.45. The van der Waals surface area contributed by atoms with Crippen molar-refractivity contribution in [3.05, 3.63) is 34.9 Å². The first-order valence-electron chi connectivity index (χ1n) is 6.11. The van der Waals surface area contributed by atoms with Crippen molar-refractivity contribution in [1.29, 1.82) is 0 Å². The van der Waals surface area contributed by atoms with Gasteiger partial charge >= 0.3 is 0 Å². The largest absolute Gasteiger partial charge is 0.392 e. The topological polar surface area (TPSA) is 20.2 Å². The molecule has 0 amide bonds. The first kappa shape index (κ1) is 11.7. The molecule has 1 nitrogen and oxygen atoms in total. The third-order valence-electron chi connectivity index (χ3n) is 4.10. The van der Waals surface area contributed by atoms with Gasteiger partial charge in [-0.15, -0.1) is 0 Å². The van der Waals surface area contributed by atoms with Gasteiger partial charge in [-0.25, -0.2) is 0 Å². The summed E-state index contributed by atoms with van der Waals surface area (Å²) in [6.07, 6.45) is 2.47. The maximum atomic E-state index is 9.24. The Balaban J connectivity index is 2.60. The predicted molar refractivity (Wildman–Crippen MR) is 67.7 cm³/mol. The van der Waals surface area contributed by atoms with E-state index < -0.39 is 0 Å². The second kappa shape index (κ2) is 3.59. The number of hydrogen-bond acceptors (Lipinski definition) is 1. The minimum absolute atomic E-state index is 0.143. The molecule has 1 aromatic rings. The molecule has 0 saturated heterocycles. The molecule has 0 fully saturated rings. The van der Waals surface area contributed by atoms with Crippen LogP contribution in [0.2, 0.25) is 0 Å². The number of fused-ring (bicyclic) bond motifs is 1. The van der Waals surface area contributed by atoms with Crippen molar-refractivity contribution < 1.29 is 5.11 Å². The van der Waals surface area contributed by atoms with Crippen molar-refractivity contribution in [2.45, 2.75) is 58.0 Å². The fourth-order valence-electron chi connectivity index (χ4n) is 2.73. The van der Waals surface area contributed by atoms with Gasteiger partial charge in [-0.05, 0) is 40.4 Å². The highest BCUT2D eigenvalue weighted by atomic mass is 16.3. The maximum Gasteiger partial charge on any atom is 0.0681 e. The predicted octanol–water partition coefficient (Wildman–Crippen LogP) is 3.53. The van der Waals surface area contributed by atoms with Crippen LogP contribution in [0.5, 0.6) is 0 Å². The lowest BCUT2D eigenvalue weighted by atomic mass is 9.63. The van der Waals surface area contributed by atoms with Crippen LogP contribution in [-0.4, -0.2) is 5.11 Å². The van der Waals surface area contributed by atoms with E-state index in [1.165, 1.54) is 24.0 Å². The standard InChI is InChI=1S/C15H22O/c1-14(2)7-8-15(3,4)13-9-11(10-16)5-6-12(13)14/h5-6,9,16H,7-8,10H2,1-4H3. The fraction of sp³-hybridized carbons (Fsp3) is 0.600. The van der Waals surface area contributed by atoms with Crippen molar-refractivity contribution in [3.63, 3.8) is 0 Å². The highest BCUT2D eigenvalue weighted by Gasteiger charge is 2.36. The molecule has 0 spiro atoms. The quantitative estimate of drug-likeness (QED) is 0.764. The van der Waals surface area contributed by atoms with Crippen LogP contribution >= 0.6 is 0 Å². The smallest absolute Gasteiger partial charge is 0.0681 e. The molecule has 0 unspecified atom stereocenters. The Kier molecular flexibility index (Phi) is 2.62. The Hall–Kier alpha value is -0.820. The SMILES string of the molecule is CC1(C)CCC(C)(C)c2cc(CO)ccc21. The Morgan fingerprint density at radius 2 is 1.56 bits per heavy atom. The maximum absolute atomic E-state index is 9.24. The highest BCUT2D eigenvalue weighted by molar-refractivity contribution is 5.43. The van der Waals surface area contributed by atoms with Crippen LogP contribution in [-0.2, 0) is 17.4 Å². The van der Waals surface area contributed by atoms with Crippen molar-refractivity contribution in [3.8, 4) is 0 Å². The Morgan fingerprint density at radius 1 is 1.00 bits per heavy atom. The third-order valence-corrected chi connectivity index (χ3v) is 4.10. The summed E-state index contributed by atoms with van der Waals surface area (Å²) < 4.78 is 0. The van der Waals surface area contributed by atoms with Crippen LogP contribution in [0.4, 0.5) is 0 Å². The zero-order valence-electron chi connectivity index (χ0n) is 10.8. The lowest BCUT2D eigenvalue weighted by Gasteiger charge is -2.42. The molecule has 16 heavy (non-hydrogen) atoms. The molecular formula is C15H22O. The zero-order valence-corrected chi connectivity index (χ0v) is 10.8. The molecule has 0 saturated carbocycles. The minimum atomic E-state index is 0.143. The van der Waals surface area contributed by atoms with E-state index in [0.717, 1.165) is 5.56 Å². The van der Waals surface area contributed by atoms with Crippen LogP contribution in [0, 0.1) is 0 Å². The average Bonchev–Trinajstić information content (AvgIpc) is 2.24. The summed E-state index contributed by atoms with van der Waals surface area (Å²) in [5, 5.41) is 9.24. The van der Waals surface area contributed by atoms with E-state index in [1.54, 1.807) is 0 Å². The monoisotopic (exact) mass is 218 g/mol. The fourth-order valence-corrected chi connectivity index (χ4v) is 2.73. The number of hydrogen-bond donors (Lipinski definition) is 1. The van der Waals surface area contributed by atoms with Crippen LogP contribution in [0.1, 0.15) is 57.2 Å². The summed E-state index contributed by atoms with van der Waals surface area (Å²) in [6, 6.07) is 6.46. The molecule has 1 heteroatoms. The summed E-state index contributed by atoms with van der Waals surface area (Å²) in [5.74, 6) is 0. The molecule has 1 aliphatic rings. The van der Waals surface area contributed by atoms with E-state index in [0.29, 0.717) is 0 Å². The van der Waals surface area contributed by atoms with Crippen molar-refractivity contribution in [2.75, 3.05) is 0 Å². The number of aliphatic hydroxyl groups excluding tert-OH is 1. The second-order valence-electron chi connectivity index (χ2n) is 6.31. The van der Waals surface area contributed by atoms with Gasteiger partial charge in [0.15, 0.2) is 0 Å². The van der Waals surface area contributed by atoms with Crippen LogP contribution in [0.3, 0.4) is 0 Å². The van der Waals surface area contributed by atoms with Gasteiger partial charge in [0.2, 0.25) is 0 Å². The molecule has 88 valence electrons. The lowest BCUT2D eigenvalue weighted by molar-refractivity contribution is 0.280. The summed E-state index contributed by atoms with van der Waals surface area (Å²) in [6.45, 7) is 9.40. The van der Waals surface area contributed by atoms with Gasteiger partial charge in [0, 0.05) is 0 Å². The third kappa shape index (κ3) is 1.78. The summed E-state index contributed by atoms with van der Waals surface area (Å²) in [5.41, 5.74) is 4.44. The van der Waals surface area contributed by atoms with Gasteiger partial charge in [0.1, 0.15) is 0 Å². The van der Waals surface area contributed by atoms with E-state index in [1.807, 2.05) is 0 Å². The average molecular weight is 218 g/mol. The van der Waals surface area contributed by atoms with Crippen LogP contribution < -0.4 is 0 Å². The zero-order chi connectivity index (χ0) is 12.0. The molecule has 1 N–H and O–H groups in total. The van der Waals surface area contributed by atoms with Gasteiger partial charge in [-0.3, -0.25) is 0 Å². The van der Waals surface area contributed by atoms with E-state index in [4.69, 9.17) is 0 Å². The molecular weight excluding hydrogens is 196 g/mol. The van der Waals surface area contributed by atoms with Gasteiger partial charge < -0.3 is 5.11 Å². The van der Waals surface area contributed by atoms with Gasteiger partial charge in [0.25, 0.3) is 0 Å². The first-order chi connectivity index (χ1) is 7.37. The van der Waals surface area contributed by atoms with E-state index in [2.05, 4.69) is 45.9 Å². The van der Waals surface area contributed by atoms with E-state index in [9.17, 15) is 5.11 Å². The van der Waals surface area contributed by atoms with Crippen molar-refractivity contribution in [1.82, 2.24) is 0 Å². The van der Waals surface area contributed by atoms with E-state index >= 15 is 0 Å². The van der Waals surface area contributed by atoms with E-state index in [-0.39, 0.29) is 17.4 Å². The summed E-state index contributed by atoms with van der Waals surface area (Å²) >= 11 is 0. The van der Waals surface area contributed by atoms with Crippen molar-refractivity contribution >= 4 is 0 Å². The number of benzene rings is 1. The van der Waals surface area contributed by atoms with Gasteiger partial charge in [0.05, 0.1) is 6.61 Å². The molecule has 0 aliphatic heterocycles. The molecule has 0 bridgehead atoms. The van der Waals surface area contributed by atoms with Gasteiger partial charge in [-0.1, -0.05) is 45.9 Å². The van der Waals surface area contributed by atoms with Gasteiger partial charge in [-0.2, -0.15) is 0 Å². The summed E-state index contributed by atoms with van der Waals surface area (Å²) in [7, 11) is 0. The molecule has 0 heterocycles. The summed E-state index contributed by atoms with van der Waals surface area (Å²) in [4.78, 5) is 0. The lowest BCUT2D eigenvalue weighted by Crippen LogP contribution is -2.33. The molecule has 1 aromatic carbocycles. The molecule has 2 rings (SSSR count). The van der Waals surface area contributed by atoms with Crippen LogP contribution in [0.15, 0.2) is 18.2 Å². The molecule has 0 radical (unpaired) electrons. The van der Waals surface area contributed by atoms with Crippen molar-refractivity contribution in [2.24, 2.45) is 0 Å². The Morgan fingerprint density at radius 3 is 2.12 bits per heavy atom. The molecule has 0 atom stereocenters. The minimum Gasteiger partial charge on any atom is -0.392 e. The number of rotatable bonds is 1. The van der Waals surface area contributed by atoms with Crippen LogP contribution in [0.25, 0.3) is 0 Å². The first-order valence-corrected chi connectivity index (χ1v) is 6.11. The molecule has 0 aromatic heterocycles. The Bertz CT molecular complexity index is 402. The Labute approximate surface area is 98.5 Å². The second-order valence-corrected chi connectivity index (χ2v) is 6.31. The number of aliphatic hydroxyl groups is 1.